The predicted molar refractivity (Wildman–Crippen MR) is 57.1 cm³/mol. The SMILES string of the molecule is C\C=C/C=C\C=C\C(C#N)CCC. The van der Waals surface area contributed by atoms with Gasteiger partial charge in [0.1, 0.15) is 0 Å². The van der Waals surface area contributed by atoms with Crippen LogP contribution < -0.4 is 0 Å². The highest BCUT2D eigenvalue weighted by atomic mass is 14.3. The van der Waals surface area contributed by atoms with Crippen LogP contribution in [0.5, 0.6) is 0 Å². The highest BCUT2D eigenvalue weighted by Gasteiger charge is 1.97. The first-order valence-electron chi connectivity index (χ1n) is 4.70. The van der Waals surface area contributed by atoms with E-state index in [1.807, 2.05) is 43.4 Å². The second-order valence-corrected chi connectivity index (χ2v) is 2.82. The summed E-state index contributed by atoms with van der Waals surface area (Å²) in [6.45, 7) is 4.07. The molecule has 0 radical (unpaired) electrons. The third-order valence-corrected chi connectivity index (χ3v) is 1.63. The summed E-state index contributed by atoms with van der Waals surface area (Å²) in [5, 5.41) is 8.72. The molecule has 0 aliphatic heterocycles. The van der Waals surface area contributed by atoms with Crippen molar-refractivity contribution in [3.63, 3.8) is 0 Å². The van der Waals surface area contributed by atoms with Gasteiger partial charge >= 0.3 is 0 Å². The molecule has 0 N–H and O–H groups in total. The van der Waals surface area contributed by atoms with Gasteiger partial charge in [-0.15, -0.1) is 0 Å². The molecule has 0 saturated heterocycles. The molecule has 1 heteroatoms. The molecule has 0 aromatic heterocycles. The number of rotatable bonds is 5. The molecule has 0 bridgehead atoms. The van der Waals surface area contributed by atoms with Crippen LogP contribution in [0.3, 0.4) is 0 Å². The highest BCUT2D eigenvalue weighted by molar-refractivity contribution is 5.13. The maximum absolute atomic E-state index is 8.72. The Labute approximate surface area is 81.1 Å². The standard InChI is InChI=1S/C12H17N/c1-3-5-6-7-8-10-12(11-13)9-4-2/h3,5-8,10,12H,4,9H2,1-2H3/b5-3-,7-6-,10-8+. The average molecular weight is 175 g/mol. The van der Waals surface area contributed by atoms with Crippen molar-refractivity contribution >= 4 is 0 Å². The van der Waals surface area contributed by atoms with Crippen LogP contribution in [-0.4, -0.2) is 0 Å². The first-order valence-corrected chi connectivity index (χ1v) is 4.70. The average Bonchev–Trinajstić information content (AvgIpc) is 2.16. The van der Waals surface area contributed by atoms with E-state index in [2.05, 4.69) is 13.0 Å². The van der Waals surface area contributed by atoms with Gasteiger partial charge in [-0.1, -0.05) is 49.8 Å². The molecule has 0 spiro atoms. The molecule has 0 aromatic rings. The van der Waals surface area contributed by atoms with E-state index in [1.165, 1.54) is 0 Å². The minimum absolute atomic E-state index is 0.0697. The van der Waals surface area contributed by atoms with Gasteiger partial charge in [0.05, 0.1) is 12.0 Å². The second-order valence-electron chi connectivity index (χ2n) is 2.82. The normalized spacial score (nSPS) is 14.2. The Hall–Kier alpha value is -1.29. The molecule has 1 unspecified atom stereocenters. The van der Waals surface area contributed by atoms with Crippen molar-refractivity contribution in [2.24, 2.45) is 5.92 Å². The molecule has 0 amide bonds. The first kappa shape index (κ1) is 11.7. The quantitative estimate of drug-likeness (QED) is 0.585. The van der Waals surface area contributed by atoms with Gasteiger partial charge in [0.2, 0.25) is 0 Å². The lowest BCUT2D eigenvalue weighted by molar-refractivity contribution is 0.702. The van der Waals surface area contributed by atoms with Crippen LogP contribution >= 0.6 is 0 Å². The zero-order chi connectivity index (χ0) is 9.94. The second kappa shape index (κ2) is 8.80. The summed E-state index contributed by atoms with van der Waals surface area (Å²) >= 11 is 0. The van der Waals surface area contributed by atoms with Gasteiger partial charge < -0.3 is 0 Å². The van der Waals surface area contributed by atoms with Crippen LogP contribution in [0.2, 0.25) is 0 Å². The van der Waals surface area contributed by atoms with E-state index in [0.717, 1.165) is 12.8 Å². The molecule has 1 nitrogen and oxygen atoms in total. The topological polar surface area (TPSA) is 23.8 Å². The van der Waals surface area contributed by atoms with E-state index in [9.17, 15) is 0 Å². The highest BCUT2D eigenvalue weighted by Crippen LogP contribution is 2.05. The minimum Gasteiger partial charge on any atom is -0.198 e. The van der Waals surface area contributed by atoms with Crippen LogP contribution in [0.15, 0.2) is 36.5 Å². The monoisotopic (exact) mass is 175 g/mol. The zero-order valence-electron chi connectivity index (χ0n) is 8.40. The molecule has 0 aromatic carbocycles. The van der Waals surface area contributed by atoms with E-state index < -0.39 is 0 Å². The van der Waals surface area contributed by atoms with Gasteiger partial charge in [-0.3, -0.25) is 0 Å². The molecule has 0 aliphatic rings. The summed E-state index contributed by atoms with van der Waals surface area (Å²) < 4.78 is 0. The molecule has 0 rings (SSSR count). The van der Waals surface area contributed by atoms with E-state index in [-0.39, 0.29) is 5.92 Å². The van der Waals surface area contributed by atoms with Crippen molar-refractivity contribution < 1.29 is 0 Å². The van der Waals surface area contributed by atoms with E-state index in [1.54, 1.807) is 0 Å². The molecule has 0 fully saturated rings. The lowest BCUT2D eigenvalue weighted by Gasteiger charge is -1.97. The van der Waals surface area contributed by atoms with Crippen molar-refractivity contribution in [2.75, 3.05) is 0 Å². The van der Waals surface area contributed by atoms with Crippen molar-refractivity contribution in [3.8, 4) is 6.07 Å². The molecule has 0 saturated carbocycles. The molecule has 0 heterocycles. The van der Waals surface area contributed by atoms with Crippen molar-refractivity contribution in [3.05, 3.63) is 36.5 Å². The summed E-state index contributed by atoms with van der Waals surface area (Å²) in [5.41, 5.74) is 0. The van der Waals surface area contributed by atoms with Gasteiger partial charge in [-0.05, 0) is 13.3 Å². The predicted octanol–water partition coefficient (Wildman–Crippen LogP) is 3.61. The molecule has 13 heavy (non-hydrogen) atoms. The third-order valence-electron chi connectivity index (χ3n) is 1.63. The smallest absolute Gasteiger partial charge is 0.0697 e. The van der Waals surface area contributed by atoms with Crippen molar-refractivity contribution in [2.45, 2.75) is 26.7 Å². The number of nitrogens with zero attached hydrogens (tertiary/aromatic N) is 1. The Balaban J connectivity index is 3.87. The molecule has 70 valence electrons. The summed E-state index contributed by atoms with van der Waals surface area (Å²) in [4.78, 5) is 0. The maximum Gasteiger partial charge on any atom is 0.0697 e. The Kier molecular flexibility index (Phi) is 7.93. The summed E-state index contributed by atoms with van der Waals surface area (Å²) in [6, 6.07) is 2.26. The van der Waals surface area contributed by atoms with Crippen molar-refractivity contribution in [1.82, 2.24) is 0 Å². The zero-order valence-corrected chi connectivity index (χ0v) is 8.40. The molecular formula is C12H17N. The van der Waals surface area contributed by atoms with Gasteiger partial charge in [0.25, 0.3) is 0 Å². The van der Waals surface area contributed by atoms with Gasteiger partial charge in [-0.25, -0.2) is 0 Å². The fourth-order valence-corrected chi connectivity index (χ4v) is 0.952. The van der Waals surface area contributed by atoms with Crippen LogP contribution in [0.1, 0.15) is 26.7 Å². The first-order chi connectivity index (χ1) is 6.35. The lowest BCUT2D eigenvalue weighted by atomic mass is 10.1. The van der Waals surface area contributed by atoms with Gasteiger partial charge in [0, 0.05) is 0 Å². The van der Waals surface area contributed by atoms with Crippen molar-refractivity contribution in [1.29, 1.82) is 5.26 Å². The maximum atomic E-state index is 8.72. The third kappa shape index (κ3) is 7.08. The number of hydrogen-bond acceptors (Lipinski definition) is 1. The fourth-order valence-electron chi connectivity index (χ4n) is 0.952. The van der Waals surface area contributed by atoms with Gasteiger partial charge in [-0.2, -0.15) is 5.26 Å². The van der Waals surface area contributed by atoms with Crippen LogP contribution in [-0.2, 0) is 0 Å². The van der Waals surface area contributed by atoms with E-state index >= 15 is 0 Å². The minimum atomic E-state index is 0.0697. The Morgan fingerprint density at radius 1 is 1.23 bits per heavy atom. The van der Waals surface area contributed by atoms with Crippen LogP contribution in [0.25, 0.3) is 0 Å². The number of nitriles is 1. The van der Waals surface area contributed by atoms with Crippen LogP contribution in [0, 0.1) is 17.2 Å². The largest absolute Gasteiger partial charge is 0.198 e. The fraction of sp³-hybridized carbons (Fsp3) is 0.417. The number of hydrogen-bond donors (Lipinski definition) is 0. The number of allylic oxidation sites excluding steroid dienone is 6. The van der Waals surface area contributed by atoms with Gasteiger partial charge in [0.15, 0.2) is 0 Å². The lowest BCUT2D eigenvalue weighted by Crippen LogP contribution is -1.89. The Bertz CT molecular complexity index is 228. The summed E-state index contributed by atoms with van der Waals surface area (Å²) in [5.74, 6) is 0.0697. The van der Waals surface area contributed by atoms with Crippen LogP contribution in [0.4, 0.5) is 0 Å². The van der Waals surface area contributed by atoms with E-state index in [4.69, 9.17) is 5.26 Å². The molecule has 0 aliphatic carbocycles. The summed E-state index contributed by atoms with van der Waals surface area (Å²) in [7, 11) is 0. The summed E-state index contributed by atoms with van der Waals surface area (Å²) in [6.07, 6.45) is 13.7. The Morgan fingerprint density at radius 3 is 2.46 bits per heavy atom. The Morgan fingerprint density at radius 2 is 1.92 bits per heavy atom. The van der Waals surface area contributed by atoms with E-state index in [0.29, 0.717) is 0 Å². The molecular weight excluding hydrogens is 158 g/mol. The molecule has 1 atom stereocenters.